The Morgan fingerprint density at radius 1 is 0.455 bits per heavy atom. The number of nitrogens with zero attached hydrogens (tertiary/aromatic N) is 2. The number of hydrogen-bond acceptors (Lipinski definition) is 6. The molecule has 0 N–H and O–H groups in total. The van der Waals surface area contributed by atoms with E-state index in [2.05, 4.69) is 55.4 Å². The van der Waals surface area contributed by atoms with Gasteiger partial charge in [-0.2, -0.15) is 70.2 Å². The van der Waals surface area contributed by atoms with Crippen LogP contribution in [0.2, 0.25) is 0 Å². The fourth-order valence-corrected chi connectivity index (χ4v) is 5.25. The van der Waals surface area contributed by atoms with E-state index in [4.69, 9.17) is 0 Å². The largest absolute Gasteiger partial charge is 0.743 e. The predicted octanol–water partition coefficient (Wildman–Crippen LogP) is 8.94. The third-order valence-corrected chi connectivity index (χ3v) is 10.8. The molecule has 0 aromatic carbocycles. The van der Waals surface area contributed by atoms with Crippen LogP contribution in [0.1, 0.15) is 81.1 Å². The van der Waals surface area contributed by atoms with Crippen LogP contribution in [0, 0.1) is 0 Å². The molecule has 0 spiro atoms. The van der Waals surface area contributed by atoms with Gasteiger partial charge in [0.2, 0.25) is 0 Å². The van der Waals surface area contributed by atoms with Crippen molar-refractivity contribution in [3.63, 3.8) is 0 Å². The summed E-state index contributed by atoms with van der Waals surface area (Å²) >= 11 is 0. The molecule has 0 aliphatic heterocycles. The summed E-state index contributed by atoms with van der Waals surface area (Å²) in [5, 5.41) is -13.1. The molecule has 27 heteroatoms. The van der Waals surface area contributed by atoms with E-state index in [1.165, 1.54) is 61.3 Å². The Kier molecular flexibility index (Phi) is 24.2. The average molecular weight is 897 g/mol. The first-order valence-electron chi connectivity index (χ1n) is 16.3. The van der Waals surface area contributed by atoms with Gasteiger partial charge in [-0.25, -0.2) is 21.2 Å². The summed E-state index contributed by atoms with van der Waals surface area (Å²) in [4.78, 5) is 0. The first-order chi connectivity index (χ1) is 24.1. The standard InChI is InChI=1S/2C8H20N.C6H5F9O3S.C6H6F8O3S/c2*1-5-9(6-2,7-3)8-4;7-3(8,1-2-4(9,10)11)5(12,13)6(14,15)19(16,17)18;7-3(1-2-4(8,9)10)5(11,12)6(13,14)18(15,16)17/h2*5-8H2,1-4H3;1-2H2,(H,16,17,18);3H,1-2H2,(H,15,16,17)/q2*+1;;/p-2. The zero-order valence-corrected chi connectivity index (χ0v) is 32.8. The summed E-state index contributed by atoms with van der Waals surface area (Å²) in [6, 6.07) is 0. The van der Waals surface area contributed by atoms with Gasteiger partial charge < -0.3 is 18.1 Å². The van der Waals surface area contributed by atoms with Crippen molar-refractivity contribution in [1.82, 2.24) is 0 Å². The second-order valence-electron chi connectivity index (χ2n) is 11.8. The van der Waals surface area contributed by atoms with Crippen LogP contribution in [-0.4, -0.2) is 134 Å². The van der Waals surface area contributed by atoms with Crippen LogP contribution in [0.15, 0.2) is 0 Å². The van der Waals surface area contributed by atoms with Crippen molar-refractivity contribution in [2.75, 3.05) is 52.4 Å². The van der Waals surface area contributed by atoms with Crippen LogP contribution in [0.5, 0.6) is 0 Å². The Balaban J connectivity index is -0.000000333. The van der Waals surface area contributed by atoms with Crippen molar-refractivity contribution >= 4 is 20.2 Å². The SMILES string of the molecule is CC[N+](CC)(CC)CC.CC[N+](CC)(CC)CC.O=S(=O)([O-])C(F)(F)C(F)(F)C(F)(F)CCC(F)(F)F.O=S(=O)([O-])C(F)(F)C(F)(F)C(F)CCC(F)(F)F. The van der Waals surface area contributed by atoms with E-state index in [0.29, 0.717) is 0 Å². The molecule has 55 heavy (non-hydrogen) atoms. The molecule has 0 aliphatic carbocycles. The van der Waals surface area contributed by atoms with Crippen LogP contribution >= 0.6 is 0 Å². The summed E-state index contributed by atoms with van der Waals surface area (Å²) in [5.41, 5.74) is 0. The molecule has 0 aromatic rings. The van der Waals surface area contributed by atoms with Gasteiger partial charge in [0.1, 0.15) is 0 Å². The van der Waals surface area contributed by atoms with Gasteiger partial charge in [-0.15, -0.1) is 0 Å². The molecule has 1 atom stereocenters. The molecule has 0 rings (SSSR count). The molecule has 0 fully saturated rings. The molecule has 0 aromatic heterocycles. The van der Waals surface area contributed by atoms with Gasteiger partial charge in [-0.3, -0.25) is 0 Å². The van der Waals surface area contributed by atoms with Gasteiger partial charge in [0.25, 0.3) is 0 Å². The zero-order chi connectivity index (χ0) is 45.6. The highest BCUT2D eigenvalue weighted by Crippen LogP contribution is 2.50. The Morgan fingerprint density at radius 3 is 0.891 bits per heavy atom. The van der Waals surface area contributed by atoms with Crippen molar-refractivity contribution in [2.45, 2.75) is 128 Å². The summed E-state index contributed by atoms with van der Waals surface area (Å²) in [6.45, 7) is 28.4. The van der Waals surface area contributed by atoms with Crippen LogP contribution in [-0.2, 0) is 20.2 Å². The van der Waals surface area contributed by atoms with Gasteiger partial charge in [-0.05, 0) is 61.8 Å². The second kappa shape index (κ2) is 22.1. The van der Waals surface area contributed by atoms with Crippen molar-refractivity contribution in [1.29, 1.82) is 0 Å². The minimum atomic E-state index is -7.19. The second-order valence-corrected chi connectivity index (χ2v) is 14.6. The maximum absolute atomic E-state index is 12.6. The third-order valence-electron chi connectivity index (χ3n) is 9.00. The third kappa shape index (κ3) is 17.9. The lowest BCUT2D eigenvalue weighted by molar-refractivity contribution is -0.921. The highest BCUT2D eigenvalue weighted by Gasteiger charge is 2.74. The topological polar surface area (TPSA) is 114 Å². The molecule has 0 amide bonds. The van der Waals surface area contributed by atoms with Crippen molar-refractivity contribution in [3.05, 3.63) is 0 Å². The molecule has 8 nitrogen and oxygen atoms in total. The van der Waals surface area contributed by atoms with Crippen LogP contribution in [0.4, 0.5) is 74.6 Å². The first kappa shape index (κ1) is 60.2. The summed E-state index contributed by atoms with van der Waals surface area (Å²) in [6.07, 6.45) is -24.2. The van der Waals surface area contributed by atoms with Crippen LogP contribution in [0.25, 0.3) is 0 Å². The minimum Gasteiger partial charge on any atom is -0.743 e. The predicted molar refractivity (Wildman–Crippen MR) is 164 cm³/mol. The lowest BCUT2D eigenvalue weighted by Crippen LogP contribution is -2.57. The van der Waals surface area contributed by atoms with Crippen molar-refractivity contribution in [3.8, 4) is 0 Å². The lowest BCUT2D eigenvalue weighted by atomic mass is 10.1. The van der Waals surface area contributed by atoms with Gasteiger partial charge in [0.15, 0.2) is 26.4 Å². The fraction of sp³-hybridized carbons (Fsp3) is 1.00. The molecular formula is C28H49F17N2O6S2. The molecule has 0 saturated heterocycles. The smallest absolute Gasteiger partial charge is 0.402 e. The van der Waals surface area contributed by atoms with E-state index in [0.717, 1.165) is 0 Å². The molecule has 0 bridgehead atoms. The lowest BCUT2D eigenvalue weighted by Gasteiger charge is -2.34. The Labute approximate surface area is 310 Å². The molecule has 338 valence electrons. The van der Waals surface area contributed by atoms with E-state index in [-0.39, 0.29) is 0 Å². The molecule has 0 heterocycles. The number of halogens is 17. The van der Waals surface area contributed by atoms with Gasteiger partial charge in [0, 0.05) is 19.3 Å². The highest BCUT2D eigenvalue weighted by atomic mass is 32.2. The Bertz CT molecular complexity index is 1250. The van der Waals surface area contributed by atoms with Crippen LogP contribution < -0.4 is 0 Å². The van der Waals surface area contributed by atoms with E-state index >= 15 is 0 Å². The highest BCUT2D eigenvalue weighted by molar-refractivity contribution is 7.87. The Morgan fingerprint density at radius 2 is 0.709 bits per heavy atom. The van der Waals surface area contributed by atoms with Gasteiger partial charge in [0.05, 0.1) is 52.4 Å². The Hall–Kier alpha value is -1.45. The number of rotatable bonds is 18. The van der Waals surface area contributed by atoms with Crippen molar-refractivity contribution in [2.24, 2.45) is 0 Å². The molecule has 1 unspecified atom stereocenters. The number of hydrogen-bond donors (Lipinski definition) is 0. The van der Waals surface area contributed by atoms with E-state index in [9.17, 15) is 101 Å². The monoisotopic (exact) mass is 896 g/mol. The number of alkyl halides is 17. The van der Waals surface area contributed by atoms with Gasteiger partial charge >= 0.3 is 40.6 Å². The zero-order valence-electron chi connectivity index (χ0n) is 31.1. The summed E-state index contributed by atoms with van der Waals surface area (Å²) < 4.78 is 269. The first-order valence-corrected chi connectivity index (χ1v) is 19.2. The minimum absolute atomic E-state index is 1.28. The summed E-state index contributed by atoms with van der Waals surface area (Å²) in [7, 11) is -14.1. The number of quaternary nitrogens is 2. The van der Waals surface area contributed by atoms with Crippen molar-refractivity contribution < 1.29 is 110 Å². The van der Waals surface area contributed by atoms with E-state index in [1.54, 1.807) is 0 Å². The average Bonchev–Trinajstić information content (AvgIpc) is 3.04. The maximum Gasteiger partial charge on any atom is 0.402 e. The van der Waals surface area contributed by atoms with E-state index < -0.39 is 92.7 Å². The maximum atomic E-state index is 12.6. The quantitative estimate of drug-likeness (QED) is 0.0772. The fourth-order valence-electron chi connectivity index (χ4n) is 4.33. The van der Waals surface area contributed by atoms with Crippen LogP contribution in [0.3, 0.4) is 0 Å². The normalized spacial score (nSPS) is 14.8. The van der Waals surface area contributed by atoms with E-state index in [1.807, 2.05) is 0 Å². The molecule has 0 aliphatic rings. The molecule has 0 saturated carbocycles. The molecule has 0 radical (unpaired) electrons. The van der Waals surface area contributed by atoms with Gasteiger partial charge in [-0.1, -0.05) is 0 Å². The summed E-state index contributed by atoms with van der Waals surface area (Å²) in [5.74, 6) is -18.9. The molecular weight excluding hydrogens is 847 g/mol.